The summed E-state index contributed by atoms with van der Waals surface area (Å²) >= 11 is 1.52. The fourth-order valence-corrected chi connectivity index (χ4v) is 5.66. The molecule has 7 heteroatoms. The van der Waals surface area contributed by atoms with E-state index in [4.69, 9.17) is 4.74 Å². The first-order valence-electron chi connectivity index (χ1n) is 10.3. The summed E-state index contributed by atoms with van der Waals surface area (Å²) in [5.74, 6) is 1.49. The average molecular weight is 421 g/mol. The van der Waals surface area contributed by atoms with Crippen molar-refractivity contribution in [1.29, 1.82) is 0 Å². The molecule has 2 unspecified atom stereocenters. The second-order valence-electron chi connectivity index (χ2n) is 7.67. The Kier molecular flexibility index (Phi) is 5.08. The second-order valence-corrected chi connectivity index (χ2v) is 8.77. The third-order valence-electron chi connectivity index (χ3n) is 5.74. The standard InChI is InChI=1S/C23H24N4O2S/c1-3-29-19-10-8-17(9-11-19)20(21-22(28)27-23(30-21)24-15(2)25-27)26-13-12-16-6-4-5-7-18(16)14-26/h4-11,20-21H,3,12-14H2,1-2H3. The van der Waals surface area contributed by atoms with E-state index in [1.807, 2.05) is 26.0 Å². The number of hydrogen-bond acceptors (Lipinski definition) is 6. The van der Waals surface area contributed by atoms with Crippen LogP contribution < -0.4 is 4.74 Å². The molecule has 0 radical (unpaired) electrons. The van der Waals surface area contributed by atoms with Gasteiger partial charge in [0.1, 0.15) is 16.8 Å². The van der Waals surface area contributed by atoms with Gasteiger partial charge < -0.3 is 4.74 Å². The third kappa shape index (κ3) is 3.42. The van der Waals surface area contributed by atoms with Gasteiger partial charge >= 0.3 is 0 Å². The van der Waals surface area contributed by atoms with Crippen LogP contribution in [0.4, 0.5) is 0 Å². The predicted molar refractivity (Wildman–Crippen MR) is 116 cm³/mol. The topological polar surface area (TPSA) is 60.3 Å². The lowest BCUT2D eigenvalue weighted by molar-refractivity contribution is 0.0824. The van der Waals surface area contributed by atoms with Crippen LogP contribution in [0.2, 0.25) is 0 Å². The number of aromatic nitrogens is 3. The number of aryl methyl sites for hydroxylation is 1. The monoisotopic (exact) mass is 420 g/mol. The van der Waals surface area contributed by atoms with Crippen LogP contribution in [0, 0.1) is 6.92 Å². The van der Waals surface area contributed by atoms with E-state index in [1.54, 1.807) is 0 Å². The van der Waals surface area contributed by atoms with Crippen LogP contribution in [0.15, 0.2) is 53.7 Å². The molecule has 2 aromatic carbocycles. The van der Waals surface area contributed by atoms with Crippen LogP contribution in [-0.4, -0.2) is 44.0 Å². The first-order chi connectivity index (χ1) is 14.6. The van der Waals surface area contributed by atoms with Crippen molar-refractivity contribution < 1.29 is 9.53 Å². The van der Waals surface area contributed by atoms with Crippen LogP contribution in [-0.2, 0) is 13.0 Å². The van der Waals surface area contributed by atoms with Crippen molar-refractivity contribution in [2.24, 2.45) is 0 Å². The number of nitrogens with zero attached hydrogens (tertiary/aromatic N) is 4. The van der Waals surface area contributed by atoms with Gasteiger partial charge in [-0.25, -0.2) is 4.98 Å². The largest absolute Gasteiger partial charge is 0.494 e. The molecule has 0 fully saturated rings. The van der Waals surface area contributed by atoms with E-state index >= 15 is 0 Å². The lowest BCUT2D eigenvalue weighted by atomic mass is 9.94. The van der Waals surface area contributed by atoms with Gasteiger partial charge in [0.05, 0.1) is 12.6 Å². The Hall–Kier alpha value is -2.64. The molecule has 2 aliphatic rings. The van der Waals surface area contributed by atoms with Crippen LogP contribution in [0.3, 0.4) is 0 Å². The number of ether oxygens (including phenoxy) is 1. The summed E-state index contributed by atoms with van der Waals surface area (Å²) in [7, 11) is 0. The Morgan fingerprint density at radius 3 is 2.67 bits per heavy atom. The zero-order chi connectivity index (χ0) is 20.7. The normalized spacial score (nSPS) is 19.4. The molecule has 154 valence electrons. The highest BCUT2D eigenvalue weighted by molar-refractivity contribution is 8.00. The van der Waals surface area contributed by atoms with Gasteiger partial charge in [0, 0.05) is 13.1 Å². The van der Waals surface area contributed by atoms with Crippen LogP contribution in [0.1, 0.15) is 40.3 Å². The molecule has 0 spiro atoms. The molecule has 1 aromatic heterocycles. The highest BCUT2D eigenvalue weighted by Crippen LogP contribution is 2.42. The summed E-state index contributed by atoms with van der Waals surface area (Å²) in [5.41, 5.74) is 3.85. The highest BCUT2D eigenvalue weighted by atomic mass is 32.2. The number of benzene rings is 2. The first-order valence-corrected chi connectivity index (χ1v) is 11.2. The fraction of sp³-hybridized carbons (Fsp3) is 0.348. The fourth-order valence-electron chi connectivity index (χ4n) is 4.36. The number of fused-ring (bicyclic) bond motifs is 2. The Balaban J connectivity index is 1.50. The van der Waals surface area contributed by atoms with Crippen molar-refractivity contribution in [1.82, 2.24) is 19.7 Å². The Bertz CT molecular complexity index is 1080. The van der Waals surface area contributed by atoms with Gasteiger partial charge in [-0.1, -0.05) is 48.2 Å². The smallest absolute Gasteiger partial charge is 0.264 e. The van der Waals surface area contributed by atoms with Crippen molar-refractivity contribution in [3.63, 3.8) is 0 Å². The van der Waals surface area contributed by atoms with Crippen LogP contribution >= 0.6 is 11.8 Å². The van der Waals surface area contributed by atoms with E-state index in [0.29, 0.717) is 17.6 Å². The molecule has 3 heterocycles. The summed E-state index contributed by atoms with van der Waals surface area (Å²) in [5, 5.41) is 4.73. The molecule has 0 amide bonds. The van der Waals surface area contributed by atoms with Gasteiger partial charge in [-0.2, -0.15) is 4.68 Å². The van der Waals surface area contributed by atoms with E-state index in [2.05, 4.69) is 51.4 Å². The van der Waals surface area contributed by atoms with Crippen molar-refractivity contribution in [3.05, 3.63) is 71.0 Å². The van der Waals surface area contributed by atoms with Gasteiger partial charge in [-0.05, 0) is 49.1 Å². The minimum absolute atomic E-state index is 0.00773. The first kappa shape index (κ1) is 19.3. The maximum Gasteiger partial charge on any atom is 0.264 e. The average Bonchev–Trinajstić information content (AvgIpc) is 3.27. The minimum atomic E-state index is -0.274. The molecule has 0 saturated carbocycles. The molecular formula is C23H24N4O2S. The summed E-state index contributed by atoms with van der Waals surface area (Å²) in [6.07, 6.45) is 0.983. The van der Waals surface area contributed by atoms with Crippen molar-refractivity contribution >= 4 is 17.7 Å². The Morgan fingerprint density at radius 2 is 1.93 bits per heavy atom. The Labute approximate surface area is 180 Å². The molecular weight excluding hydrogens is 396 g/mol. The maximum atomic E-state index is 13.3. The minimum Gasteiger partial charge on any atom is -0.494 e. The van der Waals surface area contributed by atoms with Crippen LogP contribution in [0.5, 0.6) is 5.75 Å². The van der Waals surface area contributed by atoms with Gasteiger partial charge in [-0.15, -0.1) is 5.10 Å². The van der Waals surface area contributed by atoms with Gasteiger partial charge in [0.15, 0.2) is 5.16 Å². The molecule has 0 bridgehead atoms. The van der Waals surface area contributed by atoms with E-state index < -0.39 is 0 Å². The molecule has 5 rings (SSSR count). The maximum absolute atomic E-state index is 13.3. The molecule has 0 aliphatic carbocycles. The summed E-state index contributed by atoms with van der Waals surface area (Å²) < 4.78 is 7.10. The molecule has 0 N–H and O–H groups in total. The van der Waals surface area contributed by atoms with Gasteiger partial charge in [0.25, 0.3) is 5.91 Å². The second kappa shape index (κ2) is 7.89. The number of carbonyl (C=O) groups is 1. The van der Waals surface area contributed by atoms with Crippen molar-refractivity contribution in [3.8, 4) is 5.75 Å². The van der Waals surface area contributed by atoms with Crippen LogP contribution in [0.25, 0.3) is 0 Å². The molecule has 2 aliphatic heterocycles. The molecule has 6 nitrogen and oxygen atoms in total. The number of carbonyl (C=O) groups excluding carboxylic acids is 1. The molecule has 30 heavy (non-hydrogen) atoms. The SMILES string of the molecule is CCOc1ccc(C(C2Sc3nc(C)nn3C2=O)N2CCc3ccccc3C2)cc1. The van der Waals surface area contributed by atoms with Gasteiger partial charge in [-0.3, -0.25) is 9.69 Å². The summed E-state index contributed by atoms with van der Waals surface area (Å²) in [6, 6.07) is 16.7. The number of thioether (sulfide) groups is 1. The third-order valence-corrected chi connectivity index (χ3v) is 6.93. The van der Waals surface area contributed by atoms with E-state index in [9.17, 15) is 4.79 Å². The van der Waals surface area contributed by atoms with Crippen molar-refractivity contribution in [2.75, 3.05) is 13.2 Å². The summed E-state index contributed by atoms with van der Waals surface area (Å²) in [6.45, 7) is 6.17. The number of hydrogen-bond donors (Lipinski definition) is 0. The van der Waals surface area contributed by atoms with E-state index in [-0.39, 0.29) is 17.2 Å². The van der Waals surface area contributed by atoms with Gasteiger partial charge in [0.2, 0.25) is 0 Å². The lowest BCUT2D eigenvalue weighted by Crippen LogP contribution is -2.41. The lowest BCUT2D eigenvalue weighted by Gasteiger charge is -2.37. The van der Waals surface area contributed by atoms with Crippen molar-refractivity contribution in [2.45, 2.75) is 43.3 Å². The predicted octanol–water partition coefficient (Wildman–Crippen LogP) is 3.90. The number of rotatable bonds is 5. The molecule has 0 saturated heterocycles. The molecule has 2 atom stereocenters. The zero-order valence-electron chi connectivity index (χ0n) is 17.1. The van der Waals surface area contributed by atoms with E-state index in [0.717, 1.165) is 30.8 Å². The Morgan fingerprint density at radius 1 is 1.17 bits per heavy atom. The molecule has 3 aromatic rings. The highest BCUT2D eigenvalue weighted by Gasteiger charge is 2.43. The zero-order valence-corrected chi connectivity index (χ0v) is 17.9. The van der Waals surface area contributed by atoms with E-state index in [1.165, 1.54) is 27.6 Å². The summed E-state index contributed by atoms with van der Waals surface area (Å²) in [4.78, 5) is 20.1. The quantitative estimate of drug-likeness (QED) is 0.624.